The molecule has 0 spiro atoms. The third-order valence-electron chi connectivity index (χ3n) is 2.00. The third kappa shape index (κ3) is 2.05. The summed E-state index contributed by atoms with van der Waals surface area (Å²) >= 11 is 0. The van der Waals surface area contributed by atoms with Gasteiger partial charge in [-0.1, -0.05) is 20.8 Å². The topological polar surface area (TPSA) is 37.4 Å². The molecule has 1 heterocycles. The first kappa shape index (κ1) is 10.2. The molecule has 1 aliphatic heterocycles. The van der Waals surface area contributed by atoms with Crippen LogP contribution in [0, 0.1) is 5.41 Å². The number of likely N-dealkylation sites (tertiary alicyclic amines) is 1. The van der Waals surface area contributed by atoms with Crippen molar-refractivity contribution in [2.45, 2.75) is 26.9 Å². The molecule has 0 radical (unpaired) electrons. The van der Waals surface area contributed by atoms with Crippen LogP contribution in [-0.2, 0) is 9.59 Å². The van der Waals surface area contributed by atoms with Gasteiger partial charge in [-0.05, 0) is 0 Å². The van der Waals surface area contributed by atoms with Gasteiger partial charge in [0.25, 0.3) is 5.91 Å². The summed E-state index contributed by atoms with van der Waals surface area (Å²) in [7, 11) is 0. The Morgan fingerprint density at radius 1 is 1.31 bits per heavy atom. The zero-order chi connectivity index (χ0) is 10.2. The summed E-state index contributed by atoms with van der Waals surface area (Å²) in [6, 6.07) is 0. The number of amides is 1. The van der Waals surface area contributed by atoms with Crippen molar-refractivity contribution in [1.82, 2.24) is 4.90 Å². The van der Waals surface area contributed by atoms with Crippen LogP contribution in [0.4, 0.5) is 4.39 Å². The lowest BCUT2D eigenvalue weighted by atomic mass is 9.89. The quantitative estimate of drug-likeness (QED) is 0.569. The zero-order valence-electron chi connectivity index (χ0n) is 8.13. The maximum atomic E-state index is 12.4. The molecule has 4 heteroatoms. The number of hydrogen-bond donors (Lipinski definition) is 0. The molecule has 0 atom stereocenters. The summed E-state index contributed by atoms with van der Waals surface area (Å²) in [6.07, 6.45) is -0.947. The first-order valence-electron chi connectivity index (χ1n) is 4.30. The van der Waals surface area contributed by atoms with E-state index in [1.165, 1.54) is 4.90 Å². The van der Waals surface area contributed by atoms with Crippen LogP contribution < -0.4 is 0 Å². The summed E-state index contributed by atoms with van der Waals surface area (Å²) in [4.78, 5) is 24.0. The second-order valence-electron chi connectivity index (χ2n) is 4.39. The maximum Gasteiger partial charge on any atom is 0.290 e. The molecule has 74 valence electrons. The highest BCUT2D eigenvalue weighted by Gasteiger charge is 2.38. The normalized spacial score (nSPS) is 18.3. The maximum absolute atomic E-state index is 12.4. The van der Waals surface area contributed by atoms with Gasteiger partial charge in [0.1, 0.15) is 6.17 Å². The van der Waals surface area contributed by atoms with Crippen LogP contribution in [0.1, 0.15) is 20.8 Å². The smallest absolute Gasteiger partial charge is 0.290 e. The van der Waals surface area contributed by atoms with Gasteiger partial charge in [0.2, 0.25) is 5.78 Å². The molecule has 13 heavy (non-hydrogen) atoms. The van der Waals surface area contributed by atoms with Gasteiger partial charge in [-0.15, -0.1) is 0 Å². The van der Waals surface area contributed by atoms with Gasteiger partial charge in [0.05, 0.1) is 13.1 Å². The van der Waals surface area contributed by atoms with Gasteiger partial charge in [-0.3, -0.25) is 9.59 Å². The summed E-state index contributed by atoms with van der Waals surface area (Å²) in [6.45, 7) is 5.18. The molecule has 0 aromatic heterocycles. The Bertz CT molecular complexity index is 238. The Hall–Kier alpha value is -0.930. The first-order valence-corrected chi connectivity index (χ1v) is 4.30. The van der Waals surface area contributed by atoms with Crippen molar-refractivity contribution < 1.29 is 14.0 Å². The highest BCUT2D eigenvalue weighted by atomic mass is 19.1. The summed E-state index contributed by atoms with van der Waals surface area (Å²) in [5, 5.41) is 0. The van der Waals surface area contributed by atoms with Gasteiger partial charge in [-0.2, -0.15) is 0 Å². The minimum absolute atomic E-state index is 0.0701. The second kappa shape index (κ2) is 3.09. The minimum atomic E-state index is -0.947. The number of nitrogens with zero attached hydrogens (tertiary/aromatic N) is 1. The molecule has 1 rings (SSSR count). The molecular formula is C9H14FNO2. The van der Waals surface area contributed by atoms with Crippen LogP contribution in [-0.4, -0.2) is 35.9 Å². The lowest BCUT2D eigenvalue weighted by molar-refractivity contribution is -0.153. The van der Waals surface area contributed by atoms with Gasteiger partial charge in [0, 0.05) is 5.41 Å². The number of carbonyl (C=O) groups excluding carboxylic acids is 2. The summed E-state index contributed by atoms with van der Waals surface area (Å²) in [5.41, 5.74) is -0.668. The molecule has 0 N–H and O–H groups in total. The molecular weight excluding hydrogens is 173 g/mol. The van der Waals surface area contributed by atoms with Crippen LogP contribution in [0.15, 0.2) is 0 Å². The van der Waals surface area contributed by atoms with Crippen molar-refractivity contribution in [3.63, 3.8) is 0 Å². The van der Waals surface area contributed by atoms with Gasteiger partial charge in [-0.25, -0.2) is 4.39 Å². The van der Waals surface area contributed by atoms with E-state index in [1.54, 1.807) is 20.8 Å². The number of halogens is 1. The first-order chi connectivity index (χ1) is 5.82. The van der Waals surface area contributed by atoms with Crippen LogP contribution in [0.5, 0.6) is 0 Å². The van der Waals surface area contributed by atoms with E-state index in [0.29, 0.717) is 0 Å². The van der Waals surface area contributed by atoms with Crippen LogP contribution in [0.3, 0.4) is 0 Å². The Balaban J connectivity index is 2.54. The standard InChI is InChI=1S/C9H14FNO2/c1-9(2,3)7(12)8(13)11-4-6(10)5-11/h6H,4-5H2,1-3H3. The van der Waals surface area contributed by atoms with Crippen molar-refractivity contribution >= 4 is 11.7 Å². The SMILES string of the molecule is CC(C)(C)C(=O)C(=O)N1CC(F)C1. The second-order valence-corrected chi connectivity index (χ2v) is 4.39. The number of hydrogen-bond acceptors (Lipinski definition) is 2. The van der Waals surface area contributed by atoms with Gasteiger partial charge < -0.3 is 4.90 Å². The Morgan fingerprint density at radius 2 is 1.77 bits per heavy atom. The molecule has 3 nitrogen and oxygen atoms in total. The van der Waals surface area contributed by atoms with E-state index in [9.17, 15) is 14.0 Å². The van der Waals surface area contributed by atoms with E-state index in [4.69, 9.17) is 0 Å². The fraction of sp³-hybridized carbons (Fsp3) is 0.778. The Morgan fingerprint density at radius 3 is 2.08 bits per heavy atom. The largest absolute Gasteiger partial charge is 0.330 e. The molecule has 0 aliphatic carbocycles. The molecule has 1 amide bonds. The predicted octanol–water partition coefficient (Wildman–Crippen LogP) is 0.782. The van der Waals surface area contributed by atoms with Crippen LogP contribution in [0.2, 0.25) is 0 Å². The van der Waals surface area contributed by atoms with Gasteiger partial charge >= 0.3 is 0 Å². The molecule has 0 saturated carbocycles. The number of Topliss-reactive ketones (excluding diaryl/α,β-unsaturated/α-hetero) is 1. The van der Waals surface area contributed by atoms with Crippen LogP contribution in [0.25, 0.3) is 0 Å². The number of rotatable bonds is 1. The number of ketones is 1. The van der Waals surface area contributed by atoms with Gasteiger partial charge in [0.15, 0.2) is 0 Å². The van der Waals surface area contributed by atoms with Crippen molar-refractivity contribution in [1.29, 1.82) is 0 Å². The Kier molecular flexibility index (Phi) is 2.41. The van der Waals surface area contributed by atoms with E-state index in [0.717, 1.165) is 0 Å². The molecule has 1 fully saturated rings. The summed E-state index contributed by atoms with van der Waals surface area (Å²) < 4.78 is 12.4. The molecule has 0 aromatic rings. The van der Waals surface area contributed by atoms with Crippen LogP contribution >= 0.6 is 0 Å². The van der Waals surface area contributed by atoms with Crippen molar-refractivity contribution in [2.75, 3.05) is 13.1 Å². The molecule has 0 unspecified atom stereocenters. The molecule has 0 bridgehead atoms. The summed E-state index contributed by atoms with van der Waals surface area (Å²) in [5.74, 6) is -0.999. The third-order valence-corrected chi connectivity index (χ3v) is 2.00. The zero-order valence-corrected chi connectivity index (χ0v) is 8.13. The van der Waals surface area contributed by atoms with E-state index >= 15 is 0 Å². The average Bonchev–Trinajstić information content (AvgIpc) is 1.94. The fourth-order valence-electron chi connectivity index (χ4n) is 1.06. The van der Waals surface area contributed by atoms with E-state index in [1.807, 2.05) is 0 Å². The van der Waals surface area contributed by atoms with E-state index < -0.39 is 23.3 Å². The van der Waals surface area contributed by atoms with E-state index in [-0.39, 0.29) is 13.1 Å². The number of carbonyl (C=O) groups is 2. The fourth-order valence-corrected chi connectivity index (χ4v) is 1.06. The lowest BCUT2D eigenvalue weighted by Crippen LogP contribution is -2.55. The molecule has 1 aliphatic rings. The molecule has 1 saturated heterocycles. The molecule has 0 aromatic carbocycles. The lowest BCUT2D eigenvalue weighted by Gasteiger charge is -2.35. The van der Waals surface area contributed by atoms with Crippen molar-refractivity contribution in [3.05, 3.63) is 0 Å². The highest BCUT2D eigenvalue weighted by molar-refractivity contribution is 6.37. The minimum Gasteiger partial charge on any atom is -0.330 e. The Labute approximate surface area is 76.9 Å². The average molecular weight is 187 g/mol. The predicted molar refractivity (Wildman–Crippen MR) is 45.9 cm³/mol. The van der Waals surface area contributed by atoms with Crippen molar-refractivity contribution in [2.24, 2.45) is 5.41 Å². The monoisotopic (exact) mass is 187 g/mol. The number of alkyl halides is 1. The van der Waals surface area contributed by atoms with E-state index in [2.05, 4.69) is 0 Å². The van der Waals surface area contributed by atoms with Crippen molar-refractivity contribution in [3.8, 4) is 0 Å². The highest BCUT2D eigenvalue weighted by Crippen LogP contribution is 2.19.